The maximum Gasteiger partial charge on any atom is 0.0972 e. The van der Waals surface area contributed by atoms with Crippen LogP contribution in [0.5, 0.6) is 0 Å². The number of fused-ring (bicyclic) bond motifs is 3. The quantitative estimate of drug-likeness (QED) is 0.143. The second-order valence-corrected chi connectivity index (χ2v) is 11.4. The number of rotatable bonds is 6. The average molecular weight is 587 g/mol. The summed E-state index contributed by atoms with van der Waals surface area (Å²) in [5.74, 6) is 0. The van der Waals surface area contributed by atoms with Gasteiger partial charge in [-0.2, -0.15) is 0 Å². The van der Waals surface area contributed by atoms with Crippen molar-refractivity contribution in [1.82, 2.24) is 9.97 Å². The molecule has 2 heteroatoms. The van der Waals surface area contributed by atoms with Gasteiger partial charge >= 0.3 is 0 Å². The Kier molecular flexibility index (Phi) is 7.22. The minimum atomic E-state index is 0.863. The van der Waals surface area contributed by atoms with Gasteiger partial charge in [-0.05, 0) is 62.5 Å². The Morgan fingerprint density at radius 2 is 0.891 bits per heavy atom. The molecule has 0 spiro atoms. The molecule has 6 aromatic carbocycles. The van der Waals surface area contributed by atoms with E-state index in [9.17, 15) is 0 Å². The summed E-state index contributed by atoms with van der Waals surface area (Å²) in [4.78, 5) is 10.0. The summed E-state index contributed by atoms with van der Waals surface area (Å²) in [5, 5.41) is 3.45. The summed E-state index contributed by atoms with van der Waals surface area (Å²) < 4.78 is 0. The number of benzene rings is 6. The zero-order valence-corrected chi connectivity index (χ0v) is 25.2. The van der Waals surface area contributed by atoms with Crippen LogP contribution in [0.3, 0.4) is 0 Å². The molecule has 46 heavy (non-hydrogen) atoms. The number of hydrogen-bond donors (Lipinski definition) is 0. The molecule has 0 bridgehead atoms. The smallest absolute Gasteiger partial charge is 0.0972 e. The first-order chi connectivity index (χ1) is 22.8. The van der Waals surface area contributed by atoms with Crippen molar-refractivity contribution in [1.29, 1.82) is 0 Å². The van der Waals surface area contributed by atoms with E-state index in [-0.39, 0.29) is 0 Å². The molecule has 0 fully saturated rings. The molecule has 0 aliphatic carbocycles. The Bertz CT molecular complexity index is 2280. The third-order valence-corrected chi connectivity index (χ3v) is 8.54. The zero-order chi connectivity index (χ0) is 30.7. The van der Waals surface area contributed by atoms with Crippen LogP contribution in [0, 0.1) is 0 Å². The molecule has 0 saturated heterocycles. The minimum Gasteiger partial charge on any atom is -0.254 e. The van der Waals surface area contributed by atoms with E-state index in [1.54, 1.807) is 0 Å². The Morgan fingerprint density at radius 3 is 1.50 bits per heavy atom. The van der Waals surface area contributed by atoms with Crippen LogP contribution in [0.25, 0.3) is 55.3 Å². The average Bonchev–Trinajstić information content (AvgIpc) is 3.14. The lowest BCUT2D eigenvalue weighted by Crippen LogP contribution is -1.98. The molecule has 8 rings (SSSR count). The number of hydrogen-bond acceptors (Lipinski definition) is 2. The van der Waals surface area contributed by atoms with E-state index in [2.05, 4.69) is 170 Å². The fraction of sp³-hybridized carbons (Fsp3) is 0. The van der Waals surface area contributed by atoms with Crippen molar-refractivity contribution in [3.8, 4) is 22.5 Å². The molecule has 0 atom stereocenters. The fourth-order valence-electron chi connectivity index (χ4n) is 6.38. The van der Waals surface area contributed by atoms with E-state index in [0.29, 0.717) is 0 Å². The van der Waals surface area contributed by atoms with Crippen molar-refractivity contribution >= 4 is 32.8 Å². The van der Waals surface area contributed by atoms with Gasteiger partial charge in [0.2, 0.25) is 0 Å². The molecule has 2 heterocycles. The SMILES string of the molecule is c1ccc(C(=C(c2ccccc2)c2cccc(-c3ccc(-c4nc5ccccc5c5ccccc45)nc3)c2)c2ccccc2)cc1. The van der Waals surface area contributed by atoms with E-state index < -0.39 is 0 Å². The molecule has 0 radical (unpaired) electrons. The summed E-state index contributed by atoms with van der Waals surface area (Å²) in [7, 11) is 0. The predicted molar refractivity (Wildman–Crippen MR) is 192 cm³/mol. The monoisotopic (exact) mass is 586 g/mol. The highest BCUT2D eigenvalue weighted by atomic mass is 14.8. The number of para-hydroxylation sites is 1. The highest BCUT2D eigenvalue weighted by Crippen LogP contribution is 2.38. The molecule has 0 amide bonds. The van der Waals surface area contributed by atoms with Gasteiger partial charge in [-0.1, -0.05) is 158 Å². The van der Waals surface area contributed by atoms with Crippen molar-refractivity contribution in [3.05, 3.63) is 204 Å². The highest BCUT2D eigenvalue weighted by molar-refractivity contribution is 6.10. The first kappa shape index (κ1) is 27.4. The molecule has 2 aromatic heterocycles. The van der Waals surface area contributed by atoms with Crippen molar-refractivity contribution in [2.24, 2.45) is 0 Å². The molecule has 0 saturated carbocycles. The third kappa shape index (κ3) is 5.16. The molecule has 2 nitrogen and oxygen atoms in total. The van der Waals surface area contributed by atoms with Gasteiger partial charge in [-0.3, -0.25) is 4.98 Å². The first-order valence-corrected chi connectivity index (χ1v) is 15.6. The Balaban J connectivity index is 1.26. The van der Waals surface area contributed by atoms with E-state index >= 15 is 0 Å². The van der Waals surface area contributed by atoms with Crippen LogP contribution in [0.2, 0.25) is 0 Å². The molecular weight excluding hydrogens is 556 g/mol. The second kappa shape index (κ2) is 12.1. The summed E-state index contributed by atoms with van der Waals surface area (Å²) >= 11 is 0. The molecule has 8 aromatic rings. The number of aromatic nitrogens is 2. The largest absolute Gasteiger partial charge is 0.254 e. The third-order valence-electron chi connectivity index (χ3n) is 8.54. The summed E-state index contributed by atoms with van der Waals surface area (Å²) in [6.07, 6.45) is 1.97. The summed E-state index contributed by atoms with van der Waals surface area (Å²) in [6, 6.07) is 61.9. The van der Waals surface area contributed by atoms with Crippen molar-refractivity contribution < 1.29 is 0 Å². The van der Waals surface area contributed by atoms with Crippen LogP contribution in [0.15, 0.2) is 182 Å². The molecule has 0 unspecified atom stereocenters. The molecule has 216 valence electrons. The van der Waals surface area contributed by atoms with Crippen LogP contribution < -0.4 is 0 Å². The lowest BCUT2D eigenvalue weighted by atomic mass is 9.85. The first-order valence-electron chi connectivity index (χ1n) is 15.6. The van der Waals surface area contributed by atoms with Gasteiger partial charge in [0.05, 0.1) is 16.9 Å². The normalized spacial score (nSPS) is 11.0. The lowest BCUT2D eigenvalue weighted by Gasteiger charge is -2.18. The van der Waals surface area contributed by atoms with E-state index in [4.69, 9.17) is 9.97 Å². The van der Waals surface area contributed by atoms with Crippen LogP contribution in [0.4, 0.5) is 0 Å². The topological polar surface area (TPSA) is 25.8 Å². The van der Waals surface area contributed by atoms with Crippen molar-refractivity contribution in [2.45, 2.75) is 0 Å². The Hall–Kier alpha value is -6.12. The van der Waals surface area contributed by atoms with E-state index in [0.717, 1.165) is 44.4 Å². The second-order valence-electron chi connectivity index (χ2n) is 11.4. The molecule has 0 N–H and O–H groups in total. The maximum atomic E-state index is 5.06. The maximum absolute atomic E-state index is 5.06. The Morgan fingerprint density at radius 1 is 0.370 bits per heavy atom. The van der Waals surface area contributed by atoms with Gasteiger partial charge in [-0.25, -0.2) is 4.98 Å². The van der Waals surface area contributed by atoms with Gasteiger partial charge in [0.15, 0.2) is 0 Å². The molecule has 0 aliphatic rings. The predicted octanol–water partition coefficient (Wildman–Crippen LogP) is 11.1. The van der Waals surface area contributed by atoms with Gasteiger partial charge in [0.25, 0.3) is 0 Å². The van der Waals surface area contributed by atoms with E-state index in [1.807, 2.05) is 12.3 Å². The van der Waals surface area contributed by atoms with Crippen LogP contribution in [-0.2, 0) is 0 Å². The van der Waals surface area contributed by atoms with Crippen LogP contribution >= 0.6 is 0 Å². The van der Waals surface area contributed by atoms with Gasteiger partial charge in [-0.15, -0.1) is 0 Å². The zero-order valence-electron chi connectivity index (χ0n) is 25.2. The summed E-state index contributed by atoms with van der Waals surface area (Å²) in [6.45, 7) is 0. The van der Waals surface area contributed by atoms with Gasteiger partial charge in [0, 0.05) is 22.5 Å². The Labute approximate surface area is 269 Å². The molecule has 0 aliphatic heterocycles. The lowest BCUT2D eigenvalue weighted by molar-refractivity contribution is 1.29. The van der Waals surface area contributed by atoms with Gasteiger partial charge in [0.1, 0.15) is 0 Å². The van der Waals surface area contributed by atoms with Crippen LogP contribution in [-0.4, -0.2) is 9.97 Å². The fourth-order valence-corrected chi connectivity index (χ4v) is 6.38. The van der Waals surface area contributed by atoms with Gasteiger partial charge < -0.3 is 0 Å². The summed E-state index contributed by atoms with van der Waals surface area (Å²) in [5.41, 5.74) is 12.0. The van der Waals surface area contributed by atoms with Crippen LogP contribution in [0.1, 0.15) is 22.3 Å². The number of pyridine rings is 2. The minimum absolute atomic E-state index is 0.863. The molecular formula is C44H30N2. The van der Waals surface area contributed by atoms with E-state index in [1.165, 1.54) is 33.2 Å². The highest BCUT2D eigenvalue weighted by Gasteiger charge is 2.17. The van der Waals surface area contributed by atoms with Crippen molar-refractivity contribution in [3.63, 3.8) is 0 Å². The standard InChI is InChI=1S/C44H30N2/c1-4-15-31(16-5-1)42(32-17-6-2-7-18-32)43(33-19-8-3-9-20-33)35-22-14-21-34(29-35)36-27-28-41(45-30-36)44-39-25-11-10-23-37(39)38-24-12-13-26-40(38)46-44/h1-30H. The van der Waals surface area contributed by atoms with Crippen molar-refractivity contribution in [2.75, 3.05) is 0 Å². The number of nitrogens with zero attached hydrogens (tertiary/aromatic N) is 2.